The second kappa shape index (κ2) is 3.77. The molecule has 6 heteroatoms. The lowest BCUT2D eigenvalue weighted by molar-refractivity contribution is -0.0490. The molecule has 1 heterocycles. The average molecular weight is 277 g/mol. The maximum absolute atomic E-state index is 12.1. The Morgan fingerprint density at radius 2 is 2.20 bits per heavy atom. The van der Waals surface area contributed by atoms with Gasteiger partial charge < -0.3 is 4.74 Å². The van der Waals surface area contributed by atoms with Crippen LogP contribution in [0.15, 0.2) is 22.8 Å². The van der Waals surface area contributed by atoms with Gasteiger partial charge in [-0.25, -0.2) is 0 Å². The molecule has 0 N–H and O–H groups in total. The summed E-state index contributed by atoms with van der Waals surface area (Å²) in [5, 5.41) is 4.81. The summed E-state index contributed by atoms with van der Waals surface area (Å²) in [4.78, 5) is 0. The predicted octanol–water partition coefficient (Wildman–Crippen LogP) is 2.94. The lowest BCUT2D eigenvalue weighted by Gasteiger charge is -2.06. The Kier molecular flexibility index (Phi) is 2.60. The van der Waals surface area contributed by atoms with E-state index < -0.39 is 6.61 Å². The second-order valence-corrected chi connectivity index (χ2v) is 3.70. The van der Waals surface area contributed by atoms with Crippen molar-refractivity contribution in [1.82, 2.24) is 9.78 Å². The van der Waals surface area contributed by atoms with Crippen LogP contribution < -0.4 is 4.74 Å². The number of ether oxygens (including phenoxy) is 1. The van der Waals surface area contributed by atoms with Crippen LogP contribution in [0.3, 0.4) is 0 Å². The first-order chi connectivity index (χ1) is 7.09. The van der Waals surface area contributed by atoms with Crippen LogP contribution in [0.4, 0.5) is 8.78 Å². The van der Waals surface area contributed by atoms with Crippen molar-refractivity contribution in [1.29, 1.82) is 0 Å². The van der Waals surface area contributed by atoms with Gasteiger partial charge in [-0.15, -0.1) is 0 Å². The van der Waals surface area contributed by atoms with Crippen LogP contribution in [0, 0.1) is 0 Å². The first-order valence-electron chi connectivity index (χ1n) is 4.15. The van der Waals surface area contributed by atoms with Gasteiger partial charge in [-0.2, -0.15) is 13.9 Å². The Labute approximate surface area is 92.8 Å². The number of halogens is 3. The van der Waals surface area contributed by atoms with Gasteiger partial charge in [-0.05, 0) is 28.1 Å². The van der Waals surface area contributed by atoms with Crippen LogP contribution in [-0.2, 0) is 7.05 Å². The summed E-state index contributed by atoms with van der Waals surface area (Å²) in [5.74, 6) is 0.128. The predicted molar refractivity (Wildman–Crippen MR) is 55.0 cm³/mol. The number of fused-ring (bicyclic) bond motifs is 1. The molecule has 2 aromatic rings. The third-order valence-electron chi connectivity index (χ3n) is 2.00. The summed E-state index contributed by atoms with van der Waals surface area (Å²) in [6, 6.07) is 4.92. The zero-order chi connectivity index (χ0) is 11.0. The Hall–Kier alpha value is -1.17. The van der Waals surface area contributed by atoms with Gasteiger partial charge in [-0.1, -0.05) is 6.07 Å². The molecule has 0 aliphatic rings. The van der Waals surface area contributed by atoms with E-state index >= 15 is 0 Å². The van der Waals surface area contributed by atoms with Crippen LogP contribution in [0.1, 0.15) is 0 Å². The number of aromatic nitrogens is 2. The molecule has 0 atom stereocenters. The van der Waals surface area contributed by atoms with Crippen molar-refractivity contribution in [2.45, 2.75) is 6.61 Å². The van der Waals surface area contributed by atoms with Crippen LogP contribution in [-0.4, -0.2) is 16.4 Å². The van der Waals surface area contributed by atoms with Gasteiger partial charge >= 0.3 is 6.61 Å². The fourth-order valence-corrected chi connectivity index (χ4v) is 2.01. The van der Waals surface area contributed by atoms with Crippen LogP contribution in [0.2, 0.25) is 0 Å². The highest BCUT2D eigenvalue weighted by Crippen LogP contribution is 2.30. The molecule has 1 aromatic carbocycles. The van der Waals surface area contributed by atoms with Crippen molar-refractivity contribution in [3.05, 3.63) is 22.8 Å². The number of rotatable bonds is 2. The maximum atomic E-state index is 12.1. The zero-order valence-corrected chi connectivity index (χ0v) is 9.33. The van der Waals surface area contributed by atoms with E-state index in [9.17, 15) is 8.78 Å². The fourth-order valence-electron chi connectivity index (χ4n) is 1.45. The zero-order valence-electron chi connectivity index (χ0n) is 7.75. The third-order valence-corrected chi connectivity index (χ3v) is 2.58. The van der Waals surface area contributed by atoms with Crippen molar-refractivity contribution in [3.63, 3.8) is 0 Å². The molecule has 0 saturated heterocycles. The first kappa shape index (κ1) is 10.4. The van der Waals surface area contributed by atoms with Crippen LogP contribution >= 0.6 is 15.9 Å². The summed E-state index contributed by atoms with van der Waals surface area (Å²) in [6.07, 6.45) is 0. The molecule has 15 heavy (non-hydrogen) atoms. The topological polar surface area (TPSA) is 27.1 Å². The van der Waals surface area contributed by atoms with Crippen molar-refractivity contribution in [2.75, 3.05) is 0 Å². The van der Waals surface area contributed by atoms with Gasteiger partial charge in [0.1, 0.15) is 10.1 Å². The van der Waals surface area contributed by atoms with Gasteiger partial charge in [0, 0.05) is 12.4 Å². The minimum Gasteiger partial charge on any atom is -0.433 e. The highest BCUT2D eigenvalue weighted by molar-refractivity contribution is 9.10. The largest absolute Gasteiger partial charge is 0.433 e. The molecule has 0 amide bonds. The Morgan fingerprint density at radius 3 is 2.87 bits per heavy atom. The molecule has 0 spiro atoms. The van der Waals surface area contributed by atoms with Gasteiger partial charge in [0.15, 0.2) is 5.75 Å². The number of hydrogen-bond donors (Lipinski definition) is 0. The molecule has 0 saturated carbocycles. The quantitative estimate of drug-likeness (QED) is 0.843. The molecule has 3 nitrogen and oxygen atoms in total. The Balaban J connectivity index is 2.64. The Bertz CT molecular complexity index is 498. The number of hydrogen-bond acceptors (Lipinski definition) is 2. The third kappa shape index (κ3) is 1.81. The monoisotopic (exact) mass is 276 g/mol. The molecule has 0 aliphatic carbocycles. The summed E-state index contributed by atoms with van der Waals surface area (Å²) < 4.78 is 30.8. The van der Waals surface area contributed by atoms with E-state index in [1.165, 1.54) is 10.7 Å². The minimum absolute atomic E-state index is 0.128. The summed E-state index contributed by atoms with van der Waals surface area (Å²) >= 11 is 3.24. The average Bonchev–Trinajstić information content (AvgIpc) is 2.43. The number of para-hydroxylation sites is 1. The summed E-state index contributed by atoms with van der Waals surface area (Å²) in [7, 11) is 1.67. The first-order valence-corrected chi connectivity index (χ1v) is 4.95. The van der Waals surface area contributed by atoms with Crippen LogP contribution in [0.25, 0.3) is 10.9 Å². The molecule has 80 valence electrons. The molecule has 2 rings (SSSR count). The second-order valence-electron chi connectivity index (χ2n) is 2.95. The highest BCUT2D eigenvalue weighted by atomic mass is 79.9. The molecule has 1 aromatic heterocycles. The number of nitrogens with zero attached hydrogens (tertiary/aromatic N) is 2. The fraction of sp³-hybridized carbons (Fsp3) is 0.222. The normalized spacial score (nSPS) is 11.3. The van der Waals surface area contributed by atoms with Crippen molar-refractivity contribution in [3.8, 4) is 5.75 Å². The molecule has 0 fully saturated rings. The van der Waals surface area contributed by atoms with E-state index in [1.807, 2.05) is 0 Å². The summed E-state index contributed by atoms with van der Waals surface area (Å²) in [5.41, 5.74) is 0.546. The smallest absolute Gasteiger partial charge is 0.387 e. The lowest BCUT2D eigenvalue weighted by atomic mass is 10.2. The lowest BCUT2D eigenvalue weighted by Crippen LogP contribution is -2.03. The van der Waals surface area contributed by atoms with Gasteiger partial charge in [0.25, 0.3) is 0 Å². The molecule has 0 radical (unpaired) electrons. The standard InChI is InChI=1S/C9H7BrF2N2O/c1-14-7-5(8(10)13-14)3-2-4-6(7)15-9(11)12/h2-4,9H,1H3. The SMILES string of the molecule is Cn1nc(Br)c2cccc(OC(F)F)c21. The van der Waals surface area contributed by atoms with E-state index in [4.69, 9.17) is 0 Å². The van der Waals surface area contributed by atoms with Crippen molar-refractivity contribution in [2.24, 2.45) is 7.05 Å². The van der Waals surface area contributed by atoms with E-state index in [-0.39, 0.29) is 5.75 Å². The van der Waals surface area contributed by atoms with Gasteiger partial charge in [0.2, 0.25) is 0 Å². The van der Waals surface area contributed by atoms with Gasteiger partial charge in [0.05, 0.1) is 0 Å². The van der Waals surface area contributed by atoms with E-state index in [0.717, 1.165) is 5.39 Å². The highest BCUT2D eigenvalue weighted by Gasteiger charge is 2.13. The maximum Gasteiger partial charge on any atom is 0.387 e. The van der Waals surface area contributed by atoms with Crippen LogP contribution in [0.5, 0.6) is 5.75 Å². The van der Waals surface area contributed by atoms with Gasteiger partial charge in [-0.3, -0.25) is 4.68 Å². The van der Waals surface area contributed by atoms with E-state index in [0.29, 0.717) is 10.1 Å². The Morgan fingerprint density at radius 1 is 1.47 bits per heavy atom. The number of benzene rings is 1. The van der Waals surface area contributed by atoms with E-state index in [1.54, 1.807) is 19.2 Å². The molecular formula is C9H7BrF2N2O. The molecule has 0 bridgehead atoms. The number of alkyl halides is 2. The number of aryl methyl sites for hydroxylation is 1. The molecule has 0 unspecified atom stereocenters. The summed E-state index contributed by atoms with van der Waals surface area (Å²) in [6.45, 7) is -2.83. The van der Waals surface area contributed by atoms with Crippen molar-refractivity contribution < 1.29 is 13.5 Å². The minimum atomic E-state index is -2.83. The van der Waals surface area contributed by atoms with E-state index in [2.05, 4.69) is 25.8 Å². The molecular weight excluding hydrogens is 270 g/mol. The van der Waals surface area contributed by atoms with Crippen molar-refractivity contribution >= 4 is 26.8 Å². The molecule has 0 aliphatic heterocycles.